The van der Waals surface area contributed by atoms with E-state index in [1.165, 1.54) is 5.56 Å². The Morgan fingerprint density at radius 2 is 2.16 bits per heavy atom. The largest absolute Gasteiger partial charge is 0.366 e. The second-order valence-corrected chi connectivity index (χ2v) is 4.57. The van der Waals surface area contributed by atoms with E-state index in [1.807, 2.05) is 12.1 Å². The molecule has 1 aromatic heterocycles. The van der Waals surface area contributed by atoms with Crippen molar-refractivity contribution >= 4 is 0 Å². The molecule has 0 saturated carbocycles. The van der Waals surface area contributed by atoms with Crippen LogP contribution < -0.4 is 5.32 Å². The van der Waals surface area contributed by atoms with Gasteiger partial charge in [0.05, 0.1) is 6.61 Å². The fourth-order valence-corrected chi connectivity index (χ4v) is 2.10. The third kappa shape index (κ3) is 2.67. The molecule has 1 aliphatic rings. The van der Waals surface area contributed by atoms with Gasteiger partial charge in [-0.05, 0) is 12.0 Å². The minimum atomic E-state index is -0.134. The van der Waals surface area contributed by atoms with E-state index < -0.39 is 0 Å². The van der Waals surface area contributed by atoms with Crippen LogP contribution in [0, 0.1) is 0 Å². The highest BCUT2D eigenvalue weighted by molar-refractivity contribution is 5.54. The Morgan fingerprint density at radius 3 is 2.84 bits per heavy atom. The van der Waals surface area contributed by atoms with Gasteiger partial charge in [-0.3, -0.25) is 0 Å². The number of rotatable bonds is 3. The van der Waals surface area contributed by atoms with Crippen LogP contribution in [0.25, 0.3) is 11.4 Å². The molecule has 1 atom stereocenters. The number of morpholine rings is 1. The predicted molar refractivity (Wildman–Crippen MR) is 70.7 cm³/mol. The normalized spacial score (nSPS) is 19.5. The van der Waals surface area contributed by atoms with Gasteiger partial charge >= 0.3 is 0 Å². The van der Waals surface area contributed by atoms with E-state index in [1.54, 1.807) is 0 Å². The Kier molecular flexibility index (Phi) is 3.57. The summed E-state index contributed by atoms with van der Waals surface area (Å²) in [5, 5.41) is 7.27. The average molecular weight is 259 g/mol. The molecule has 3 rings (SSSR count). The van der Waals surface area contributed by atoms with Crippen molar-refractivity contribution in [3.63, 3.8) is 0 Å². The Hall–Kier alpha value is -1.72. The molecule has 100 valence electrons. The molecule has 0 spiro atoms. The number of hydrogen-bond donors (Lipinski definition) is 1. The molecular weight excluding hydrogens is 242 g/mol. The molecule has 0 amide bonds. The summed E-state index contributed by atoms with van der Waals surface area (Å²) in [6, 6.07) is 8.22. The van der Waals surface area contributed by atoms with Crippen LogP contribution >= 0.6 is 0 Å². The SMILES string of the molecule is CCc1ccc(-c2noc(C3CNCCO3)n2)cc1. The summed E-state index contributed by atoms with van der Waals surface area (Å²) >= 11 is 0. The molecule has 0 aliphatic carbocycles. The highest BCUT2D eigenvalue weighted by Gasteiger charge is 2.22. The van der Waals surface area contributed by atoms with Gasteiger partial charge < -0.3 is 14.6 Å². The second kappa shape index (κ2) is 5.50. The quantitative estimate of drug-likeness (QED) is 0.913. The van der Waals surface area contributed by atoms with Crippen LogP contribution in [0.5, 0.6) is 0 Å². The molecule has 1 aromatic carbocycles. The van der Waals surface area contributed by atoms with Gasteiger partial charge in [0, 0.05) is 18.7 Å². The fraction of sp³-hybridized carbons (Fsp3) is 0.429. The molecule has 5 heteroatoms. The molecule has 1 saturated heterocycles. The first-order chi connectivity index (χ1) is 9.36. The lowest BCUT2D eigenvalue weighted by atomic mass is 10.1. The maximum Gasteiger partial charge on any atom is 0.257 e. The molecule has 2 heterocycles. The Morgan fingerprint density at radius 1 is 1.32 bits per heavy atom. The van der Waals surface area contributed by atoms with Crippen LogP contribution in [-0.4, -0.2) is 29.8 Å². The van der Waals surface area contributed by atoms with Crippen molar-refractivity contribution in [3.05, 3.63) is 35.7 Å². The first kappa shape index (κ1) is 12.3. The highest BCUT2D eigenvalue weighted by Crippen LogP contribution is 2.21. The van der Waals surface area contributed by atoms with Crippen LogP contribution in [0.2, 0.25) is 0 Å². The van der Waals surface area contributed by atoms with E-state index in [2.05, 4.69) is 34.5 Å². The number of hydrogen-bond acceptors (Lipinski definition) is 5. The van der Waals surface area contributed by atoms with Crippen LogP contribution in [0.15, 0.2) is 28.8 Å². The summed E-state index contributed by atoms with van der Waals surface area (Å²) in [4.78, 5) is 4.42. The zero-order chi connectivity index (χ0) is 13.1. The van der Waals surface area contributed by atoms with E-state index >= 15 is 0 Å². The van der Waals surface area contributed by atoms with Gasteiger partial charge in [0.2, 0.25) is 5.82 Å². The summed E-state index contributed by atoms with van der Waals surface area (Å²) in [6.45, 7) is 4.40. The summed E-state index contributed by atoms with van der Waals surface area (Å²) in [7, 11) is 0. The molecule has 1 aliphatic heterocycles. The summed E-state index contributed by atoms with van der Waals surface area (Å²) in [5.74, 6) is 1.16. The van der Waals surface area contributed by atoms with E-state index in [0.717, 1.165) is 25.1 Å². The van der Waals surface area contributed by atoms with E-state index in [0.29, 0.717) is 18.3 Å². The molecule has 1 fully saturated rings. The standard InChI is InChI=1S/C14H17N3O2/c1-2-10-3-5-11(6-4-10)13-16-14(19-17-13)12-9-15-7-8-18-12/h3-6,12,15H,2,7-9H2,1H3. The van der Waals surface area contributed by atoms with Gasteiger partial charge in [-0.1, -0.05) is 36.3 Å². The topological polar surface area (TPSA) is 60.2 Å². The van der Waals surface area contributed by atoms with Crippen LogP contribution in [0.1, 0.15) is 24.5 Å². The smallest absolute Gasteiger partial charge is 0.257 e. The van der Waals surface area contributed by atoms with Crippen LogP contribution in [0.4, 0.5) is 0 Å². The van der Waals surface area contributed by atoms with Crippen molar-refractivity contribution in [2.45, 2.75) is 19.4 Å². The number of nitrogens with zero attached hydrogens (tertiary/aromatic N) is 2. The lowest BCUT2D eigenvalue weighted by Crippen LogP contribution is -2.33. The number of ether oxygens (including phenoxy) is 1. The molecule has 0 radical (unpaired) electrons. The van der Waals surface area contributed by atoms with Gasteiger partial charge in [-0.25, -0.2) is 0 Å². The minimum absolute atomic E-state index is 0.134. The van der Waals surface area contributed by atoms with E-state index in [4.69, 9.17) is 9.26 Å². The van der Waals surface area contributed by atoms with Gasteiger partial charge in [-0.2, -0.15) is 4.98 Å². The third-order valence-electron chi connectivity index (χ3n) is 3.27. The maximum absolute atomic E-state index is 5.59. The van der Waals surface area contributed by atoms with Gasteiger partial charge in [0.25, 0.3) is 5.89 Å². The molecular formula is C14H17N3O2. The predicted octanol–water partition coefficient (Wildman–Crippen LogP) is 1.96. The number of aromatic nitrogens is 2. The molecule has 1 unspecified atom stereocenters. The Bertz CT molecular complexity index is 530. The zero-order valence-corrected chi connectivity index (χ0v) is 10.9. The molecule has 2 aromatic rings. The van der Waals surface area contributed by atoms with Crippen molar-refractivity contribution in [1.82, 2.24) is 15.5 Å². The summed E-state index contributed by atoms with van der Waals surface area (Å²) < 4.78 is 10.9. The fourth-order valence-electron chi connectivity index (χ4n) is 2.10. The average Bonchev–Trinajstić information content (AvgIpc) is 2.98. The number of benzene rings is 1. The van der Waals surface area contributed by atoms with Crippen molar-refractivity contribution in [3.8, 4) is 11.4 Å². The first-order valence-electron chi connectivity index (χ1n) is 6.62. The van der Waals surface area contributed by atoms with Gasteiger partial charge in [0.15, 0.2) is 0 Å². The molecule has 19 heavy (non-hydrogen) atoms. The zero-order valence-electron chi connectivity index (χ0n) is 10.9. The molecule has 0 bridgehead atoms. The Labute approximate surface area is 112 Å². The molecule has 1 N–H and O–H groups in total. The van der Waals surface area contributed by atoms with Crippen molar-refractivity contribution in [2.24, 2.45) is 0 Å². The lowest BCUT2D eigenvalue weighted by Gasteiger charge is -2.19. The second-order valence-electron chi connectivity index (χ2n) is 4.57. The lowest BCUT2D eigenvalue weighted by molar-refractivity contribution is 0.00755. The number of aryl methyl sites for hydroxylation is 1. The summed E-state index contributed by atoms with van der Waals surface area (Å²) in [6.07, 6.45) is 0.893. The summed E-state index contributed by atoms with van der Waals surface area (Å²) in [5.41, 5.74) is 2.27. The monoisotopic (exact) mass is 259 g/mol. The molecule has 5 nitrogen and oxygen atoms in total. The van der Waals surface area contributed by atoms with Crippen molar-refractivity contribution in [2.75, 3.05) is 19.7 Å². The first-order valence-corrected chi connectivity index (χ1v) is 6.62. The van der Waals surface area contributed by atoms with Crippen LogP contribution in [-0.2, 0) is 11.2 Å². The van der Waals surface area contributed by atoms with E-state index in [9.17, 15) is 0 Å². The van der Waals surface area contributed by atoms with Crippen molar-refractivity contribution in [1.29, 1.82) is 0 Å². The minimum Gasteiger partial charge on any atom is -0.366 e. The number of nitrogens with one attached hydrogen (secondary N) is 1. The van der Waals surface area contributed by atoms with Crippen molar-refractivity contribution < 1.29 is 9.26 Å². The van der Waals surface area contributed by atoms with Crippen LogP contribution in [0.3, 0.4) is 0 Å². The Balaban J connectivity index is 1.79. The van der Waals surface area contributed by atoms with E-state index in [-0.39, 0.29) is 6.10 Å². The maximum atomic E-state index is 5.59. The van der Waals surface area contributed by atoms with Gasteiger partial charge in [-0.15, -0.1) is 0 Å². The third-order valence-corrected chi connectivity index (χ3v) is 3.27. The van der Waals surface area contributed by atoms with Gasteiger partial charge in [0.1, 0.15) is 6.10 Å². The highest BCUT2D eigenvalue weighted by atomic mass is 16.5.